The highest BCUT2D eigenvalue weighted by atomic mass is 35.5. The summed E-state index contributed by atoms with van der Waals surface area (Å²) in [6, 6.07) is 8.06. The summed E-state index contributed by atoms with van der Waals surface area (Å²) in [5.74, 6) is 0.844. The maximum Gasteiger partial charge on any atom is 0.151 e. The Morgan fingerprint density at radius 3 is 2.86 bits per heavy atom. The molecule has 0 saturated heterocycles. The molecule has 6 heteroatoms. The van der Waals surface area contributed by atoms with Gasteiger partial charge in [0.25, 0.3) is 0 Å². The Labute approximate surface area is 133 Å². The average Bonchev–Trinajstić information content (AvgIpc) is 2.53. The molecule has 2 aromatic rings. The quantitative estimate of drug-likeness (QED) is 0.910. The van der Waals surface area contributed by atoms with Gasteiger partial charge >= 0.3 is 0 Å². The molecular weight excluding hydrogens is 307 g/mol. The zero-order chi connectivity index (χ0) is 15.7. The van der Waals surface area contributed by atoms with Gasteiger partial charge in [0.15, 0.2) is 5.75 Å². The zero-order valence-electron chi connectivity index (χ0n) is 12.0. The monoisotopic (exact) mass is 322 g/mol. The highest BCUT2D eigenvalue weighted by molar-refractivity contribution is 6.33. The van der Waals surface area contributed by atoms with Crippen LogP contribution in [0.15, 0.2) is 30.3 Å². The van der Waals surface area contributed by atoms with Gasteiger partial charge in [0, 0.05) is 23.7 Å². The third-order valence-corrected chi connectivity index (χ3v) is 3.90. The summed E-state index contributed by atoms with van der Waals surface area (Å²) in [5.41, 5.74) is 7.54. The van der Waals surface area contributed by atoms with Crippen LogP contribution in [-0.4, -0.2) is 26.3 Å². The molecule has 4 nitrogen and oxygen atoms in total. The molecule has 1 atom stereocenters. The number of hydrogen-bond donors (Lipinski definition) is 2. The third-order valence-electron chi connectivity index (χ3n) is 3.59. The number of rotatable bonds is 3. The molecule has 1 heterocycles. The minimum Gasteiger partial charge on any atom is -0.497 e. The minimum absolute atomic E-state index is 0.159. The molecule has 116 valence electrons. The summed E-state index contributed by atoms with van der Waals surface area (Å²) in [4.78, 5) is 0. The molecule has 0 saturated carbocycles. The van der Waals surface area contributed by atoms with Gasteiger partial charge in [-0.3, -0.25) is 0 Å². The van der Waals surface area contributed by atoms with E-state index in [1.807, 2.05) is 0 Å². The normalized spacial score (nSPS) is 16.5. The highest BCUT2D eigenvalue weighted by Crippen LogP contribution is 2.43. The smallest absolute Gasteiger partial charge is 0.151 e. The largest absolute Gasteiger partial charge is 0.497 e. The van der Waals surface area contributed by atoms with Crippen molar-refractivity contribution in [1.82, 2.24) is 0 Å². The van der Waals surface area contributed by atoms with E-state index in [0.717, 1.165) is 0 Å². The van der Waals surface area contributed by atoms with Crippen LogP contribution >= 0.6 is 11.6 Å². The molecule has 22 heavy (non-hydrogen) atoms. The predicted molar refractivity (Wildman–Crippen MR) is 85.4 cm³/mol. The Morgan fingerprint density at radius 1 is 1.36 bits per heavy atom. The van der Waals surface area contributed by atoms with Crippen molar-refractivity contribution < 1.29 is 13.9 Å². The number of fused-ring (bicyclic) bond motifs is 1. The summed E-state index contributed by atoms with van der Waals surface area (Å²) < 4.78 is 24.9. The van der Waals surface area contributed by atoms with Crippen molar-refractivity contribution in [3.63, 3.8) is 0 Å². The summed E-state index contributed by atoms with van der Waals surface area (Å²) in [6.45, 7) is 0.919. The lowest BCUT2D eigenvalue weighted by Gasteiger charge is -2.28. The van der Waals surface area contributed by atoms with E-state index in [4.69, 9.17) is 26.8 Å². The maximum absolute atomic E-state index is 13.9. The Balaban J connectivity index is 2.13. The van der Waals surface area contributed by atoms with Crippen LogP contribution in [0.4, 0.5) is 10.1 Å². The molecule has 0 amide bonds. The van der Waals surface area contributed by atoms with Gasteiger partial charge in [-0.05, 0) is 24.3 Å². The van der Waals surface area contributed by atoms with E-state index in [0.29, 0.717) is 46.4 Å². The SMILES string of the molecule is COc1ccc(-c2cc(F)cc3c2OC(CN)CN3)c(Cl)c1. The summed E-state index contributed by atoms with van der Waals surface area (Å²) >= 11 is 6.30. The molecule has 0 spiro atoms. The molecule has 3 rings (SSSR count). The van der Waals surface area contributed by atoms with Crippen LogP contribution in [0.2, 0.25) is 5.02 Å². The number of methoxy groups -OCH3 is 1. The van der Waals surface area contributed by atoms with Crippen molar-refractivity contribution in [2.24, 2.45) is 5.73 Å². The van der Waals surface area contributed by atoms with Crippen molar-refractivity contribution >= 4 is 17.3 Å². The number of nitrogens with two attached hydrogens (primary N) is 1. The first kappa shape index (κ1) is 14.9. The van der Waals surface area contributed by atoms with Crippen LogP contribution in [0.25, 0.3) is 11.1 Å². The summed E-state index contributed by atoms with van der Waals surface area (Å²) in [6.07, 6.45) is -0.159. The number of benzene rings is 2. The molecule has 0 aliphatic carbocycles. The number of nitrogens with one attached hydrogen (secondary N) is 1. The topological polar surface area (TPSA) is 56.5 Å². The minimum atomic E-state index is -0.358. The average molecular weight is 323 g/mol. The van der Waals surface area contributed by atoms with Crippen molar-refractivity contribution in [1.29, 1.82) is 0 Å². The molecule has 2 aromatic carbocycles. The Kier molecular flexibility index (Phi) is 4.09. The van der Waals surface area contributed by atoms with Crippen molar-refractivity contribution in [2.45, 2.75) is 6.10 Å². The van der Waals surface area contributed by atoms with Crippen molar-refractivity contribution in [3.8, 4) is 22.6 Å². The van der Waals surface area contributed by atoms with Crippen LogP contribution in [0, 0.1) is 5.82 Å². The molecule has 0 radical (unpaired) electrons. The second-order valence-electron chi connectivity index (χ2n) is 5.03. The van der Waals surface area contributed by atoms with Crippen LogP contribution in [0.3, 0.4) is 0 Å². The molecule has 0 aromatic heterocycles. The fraction of sp³-hybridized carbons (Fsp3) is 0.250. The van der Waals surface area contributed by atoms with Crippen LogP contribution < -0.4 is 20.5 Å². The summed E-state index contributed by atoms with van der Waals surface area (Å²) in [7, 11) is 1.56. The van der Waals surface area contributed by atoms with Gasteiger partial charge in [-0.25, -0.2) is 4.39 Å². The molecular formula is C16H16ClFN2O2. The van der Waals surface area contributed by atoms with E-state index >= 15 is 0 Å². The van der Waals surface area contributed by atoms with Gasteiger partial charge in [-0.15, -0.1) is 0 Å². The lowest BCUT2D eigenvalue weighted by atomic mass is 10.0. The van der Waals surface area contributed by atoms with Gasteiger partial charge in [0.05, 0.1) is 24.4 Å². The van der Waals surface area contributed by atoms with Gasteiger partial charge in [0.2, 0.25) is 0 Å². The first-order valence-electron chi connectivity index (χ1n) is 6.90. The number of anilines is 1. The first-order valence-corrected chi connectivity index (χ1v) is 7.28. The molecule has 0 fully saturated rings. The van der Waals surface area contributed by atoms with Crippen molar-refractivity contribution in [2.75, 3.05) is 25.5 Å². The second-order valence-corrected chi connectivity index (χ2v) is 5.44. The third kappa shape index (κ3) is 2.69. The van der Waals surface area contributed by atoms with E-state index in [-0.39, 0.29) is 11.9 Å². The lowest BCUT2D eigenvalue weighted by Crippen LogP contribution is -2.37. The Morgan fingerprint density at radius 2 is 2.18 bits per heavy atom. The molecule has 0 bridgehead atoms. The van der Waals surface area contributed by atoms with E-state index in [2.05, 4.69) is 5.32 Å². The van der Waals surface area contributed by atoms with Gasteiger partial charge in [-0.1, -0.05) is 11.6 Å². The number of halogens is 2. The number of hydrogen-bond acceptors (Lipinski definition) is 4. The van der Waals surface area contributed by atoms with Gasteiger partial charge in [-0.2, -0.15) is 0 Å². The first-order chi connectivity index (χ1) is 10.6. The van der Waals surface area contributed by atoms with Crippen LogP contribution in [0.5, 0.6) is 11.5 Å². The fourth-order valence-electron chi connectivity index (χ4n) is 2.46. The van der Waals surface area contributed by atoms with E-state index in [9.17, 15) is 4.39 Å². The van der Waals surface area contributed by atoms with Crippen LogP contribution in [-0.2, 0) is 0 Å². The lowest BCUT2D eigenvalue weighted by molar-refractivity contribution is 0.215. The van der Waals surface area contributed by atoms with E-state index in [1.165, 1.54) is 12.1 Å². The zero-order valence-corrected chi connectivity index (χ0v) is 12.8. The van der Waals surface area contributed by atoms with E-state index < -0.39 is 0 Å². The fourth-order valence-corrected chi connectivity index (χ4v) is 2.73. The van der Waals surface area contributed by atoms with Crippen molar-refractivity contribution in [3.05, 3.63) is 41.2 Å². The number of ether oxygens (including phenoxy) is 2. The van der Waals surface area contributed by atoms with Gasteiger partial charge in [0.1, 0.15) is 17.7 Å². The standard InChI is InChI=1S/C16H16ClFN2O2/c1-21-10-2-3-12(14(17)6-10)13-4-9(18)5-15-16(13)22-11(7-19)8-20-15/h2-6,11,20H,7-8,19H2,1H3. The maximum atomic E-state index is 13.9. The molecule has 1 unspecified atom stereocenters. The molecule has 1 aliphatic rings. The van der Waals surface area contributed by atoms with E-state index in [1.54, 1.807) is 25.3 Å². The van der Waals surface area contributed by atoms with Crippen LogP contribution in [0.1, 0.15) is 0 Å². The second kappa shape index (κ2) is 6.02. The Bertz CT molecular complexity index is 709. The molecule has 1 aliphatic heterocycles. The van der Waals surface area contributed by atoms with Gasteiger partial charge < -0.3 is 20.5 Å². The highest BCUT2D eigenvalue weighted by Gasteiger charge is 2.23. The summed E-state index contributed by atoms with van der Waals surface area (Å²) in [5, 5.41) is 3.61. The Hall–Kier alpha value is -1.98. The molecule has 3 N–H and O–H groups in total. The predicted octanol–water partition coefficient (Wildman–Crippen LogP) is 3.29.